The van der Waals surface area contributed by atoms with Crippen LogP contribution in [0.4, 0.5) is 5.69 Å². The van der Waals surface area contributed by atoms with Gasteiger partial charge in [0.1, 0.15) is 0 Å². The summed E-state index contributed by atoms with van der Waals surface area (Å²) in [5.41, 5.74) is 3.78. The molecule has 1 aromatic carbocycles. The molecule has 1 heterocycles. The Kier molecular flexibility index (Phi) is 2.76. The van der Waals surface area contributed by atoms with E-state index in [1.54, 1.807) is 0 Å². The zero-order chi connectivity index (χ0) is 10.8. The van der Waals surface area contributed by atoms with E-state index in [9.17, 15) is 4.79 Å². The van der Waals surface area contributed by atoms with Gasteiger partial charge >= 0.3 is 0 Å². The minimum atomic E-state index is 0.557. The van der Waals surface area contributed by atoms with Crippen LogP contribution in [0, 0.1) is 0 Å². The van der Waals surface area contributed by atoms with Crippen LogP contribution in [0.25, 0.3) is 0 Å². The predicted molar refractivity (Wildman–Crippen MR) is 62.3 cm³/mol. The van der Waals surface area contributed by atoms with Crippen molar-refractivity contribution in [2.24, 2.45) is 0 Å². The van der Waals surface area contributed by atoms with Crippen LogP contribution in [0.15, 0.2) is 18.2 Å². The number of amides is 1. The lowest BCUT2D eigenvalue weighted by Gasteiger charge is -2.26. The van der Waals surface area contributed by atoms with E-state index < -0.39 is 0 Å². The molecular formula is C13H17NO. The number of carbonyl (C=O) groups is 1. The van der Waals surface area contributed by atoms with E-state index in [4.69, 9.17) is 0 Å². The molecule has 2 nitrogen and oxygen atoms in total. The van der Waals surface area contributed by atoms with Crippen LogP contribution in [-0.2, 0) is 11.2 Å². The number of aryl methyl sites for hydroxylation is 1. The number of benzene rings is 1. The summed E-state index contributed by atoms with van der Waals surface area (Å²) in [6.07, 6.45) is 3.11. The number of rotatable bonds is 2. The van der Waals surface area contributed by atoms with E-state index in [1.165, 1.54) is 11.1 Å². The standard InChI is InChI=1S/C13H17NO/c1-10(2)11-5-6-13-12(8-11)4-3-7-14(13)9-15/h5-6,8-10H,3-4,7H2,1-2H3. The summed E-state index contributed by atoms with van der Waals surface area (Å²) in [5, 5.41) is 0. The SMILES string of the molecule is CC(C)c1ccc2c(c1)CCCN2C=O. The van der Waals surface area contributed by atoms with Crippen molar-refractivity contribution >= 4 is 12.1 Å². The highest BCUT2D eigenvalue weighted by molar-refractivity contribution is 5.78. The van der Waals surface area contributed by atoms with Crippen molar-refractivity contribution in [1.29, 1.82) is 0 Å². The second-order valence-electron chi connectivity index (χ2n) is 4.45. The molecule has 80 valence electrons. The Morgan fingerprint density at radius 1 is 1.40 bits per heavy atom. The van der Waals surface area contributed by atoms with Gasteiger partial charge in [-0.05, 0) is 36.0 Å². The Hall–Kier alpha value is -1.31. The summed E-state index contributed by atoms with van der Waals surface area (Å²) in [6.45, 7) is 5.25. The zero-order valence-electron chi connectivity index (χ0n) is 9.36. The molecule has 0 atom stereocenters. The van der Waals surface area contributed by atoms with Crippen LogP contribution in [-0.4, -0.2) is 13.0 Å². The van der Waals surface area contributed by atoms with E-state index in [1.807, 2.05) is 4.90 Å². The molecule has 2 rings (SSSR count). The predicted octanol–water partition coefficient (Wildman–Crippen LogP) is 2.72. The smallest absolute Gasteiger partial charge is 0.214 e. The van der Waals surface area contributed by atoms with Crippen molar-refractivity contribution in [3.05, 3.63) is 29.3 Å². The van der Waals surface area contributed by atoms with Gasteiger partial charge in [-0.25, -0.2) is 0 Å². The molecule has 0 radical (unpaired) electrons. The quantitative estimate of drug-likeness (QED) is 0.677. The second kappa shape index (κ2) is 4.05. The van der Waals surface area contributed by atoms with Gasteiger partial charge in [0.05, 0.1) is 0 Å². The van der Waals surface area contributed by atoms with Crippen molar-refractivity contribution in [3.8, 4) is 0 Å². The Morgan fingerprint density at radius 3 is 2.87 bits per heavy atom. The lowest BCUT2D eigenvalue weighted by molar-refractivity contribution is -0.107. The maximum atomic E-state index is 10.9. The minimum Gasteiger partial charge on any atom is -0.315 e. The fourth-order valence-corrected chi connectivity index (χ4v) is 2.11. The van der Waals surface area contributed by atoms with E-state index in [0.29, 0.717) is 5.92 Å². The van der Waals surface area contributed by atoms with Gasteiger partial charge in [-0.1, -0.05) is 26.0 Å². The van der Waals surface area contributed by atoms with Gasteiger partial charge in [-0.3, -0.25) is 4.79 Å². The van der Waals surface area contributed by atoms with Crippen molar-refractivity contribution < 1.29 is 4.79 Å². The average molecular weight is 203 g/mol. The highest BCUT2D eigenvalue weighted by Gasteiger charge is 2.16. The molecule has 1 amide bonds. The number of nitrogens with zero attached hydrogens (tertiary/aromatic N) is 1. The number of hydrogen-bond donors (Lipinski definition) is 0. The van der Waals surface area contributed by atoms with Gasteiger partial charge in [0, 0.05) is 12.2 Å². The molecule has 0 spiro atoms. The maximum Gasteiger partial charge on any atom is 0.214 e. The van der Waals surface area contributed by atoms with Crippen LogP contribution in [0.1, 0.15) is 37.3 Å². The Morgan fingerprint density at radius 2 is 2.20 bits per heavy atom. The summed E-state index contributed by atoms with van der Waals surface area (Å²) in [4.78, 5) is 12.7. The molecule has 1 aliphatic heterocycles. The molecule has 1 aliphatic rings. The molecule has 15 heavy (non-hydrogen) atoms. The molecule has 0 bridgehead atoms. The van der Waals surface area contributed by atoms with Crippen LogP contribution in [0.2, 0.25) is 0 Å². The number of carbonyl (C=O) groups excluding carboxylic acids is 1. The number of fused-ring (bicyclic) bond motifs is 1. The lowest BCUT2D eigenvalue weighted by Crippen LogP contribution is -2.27. The van der Waals surface area contributed by atoms with Crippen LogP contribution < -0.4 is 4.90 Å². The van der Waals surface area contributed by atoms with E-state index in [2.05, 4.69) is 32.0 Å². The third kappa shape index (κ3) is 1.89. The second-order valence-corrected chi connectivity index (χ2v) is 4.45. The van der Waals surface area contributed by atoms with Gasteiger partial charge in [-0.2, -0.15) is 0 Å². The molecular weight excluding hydrogens is 186 g/mol. The van der Waals surface area contributed by atoms with Gasteiger partial charge in [0.2, 0.25) is 6.41 Å². The third-order valence-electron chi connectivity index (χ3n) is 3.05. The first-order chi connectivity index (χ1) is 7.22. The molecule has 0 N–H and O–H groups in total. The van der Waals surface area contributed by atoms with Crippen molar-refractivity contribution in [3.63, 3.8) is 0 Å². The lowest BCUT2D eigenvalue weighted by atomic mass is 9.95. The van der Waals surface area contributed by atoms with Crippen LogP contribution >= 0.6 is 0 Å². The Balaban J connectivity index is 2.40. The van der Waals surface area contributed by atoms with Crippen molar-refractivity contribution in [1.82, 2.24) is 0 Å². The summed E-state index contributed by atoms with van der Waals surface area (Å²) in [7, 11) is 0. The first-order valence-corrected chi connectivity index (χ1v) is 5.57. The first kappa shape index (κ1) is 10.2. The summed E-state index contributed by atoms with van der Waals surface area (Å²) >= 11 is 0. The van der Waals surface area contributed by atoms with Crippen molar-refractivity contribution in [2.45, 2.75) is 32.6 Å². The fourth-order valence-electron chi connectivity index (χ4n) is 2.11. The highest BCUT2D eigenvalue weighted by atomic mass is 16.1. The summed E-state index contributed by atoms with van der Waals surface area (Å²) in [6, 6.07) is 6.46. The fraction of sp³-hybridized carbons (Fsp3) is 0.462. The normalized spacial score (nSPS) is 15.3. The van der Waals surface area contributed by atoms with E-state index in [-0.39, 0.29) is 0 Å². The average Bonchev–Trinajstić information content (AvgIpc) is 2.27. The number of anilines is 1. The summed E-state index contributed by atoms with van der Waals surface area (Å²) < 4.78 is 0. The van der Waals surface area contributed by atoms with Gasteiger partial charge in [0.25, 0.3) is 0 Å². The van der Waals surface area contributed by atoms with Crippen LogP contribution in [0.3, 0.4) is 0 Å². The van der Waals surface area contributed by atoms with Gasteiger partial charge < -0.3 is 4.90 Å². The molecule has 1 aromatic rings. The van der Waals surface area contributed by atoms with Crippen LogP contribution in [0.5, 0.6) is 0 Å². The Labute approximate surface area is 90.9 Å². The molecule has 2 heteroatoms. The summed E-state index contributed by atoms with van der Waals surface area (Å²) in [5.74, 6) is 0.557. The highest BCUT2D eigenvalue weighted by Crippen LogP contribution is 2.29. The maximum absolute atomic E-state index is 10.9. The molecule has 0 unspecified atom stereocenters. The van der Waals surface area contributed by atoms with E-state index >= 15 is 0 Å². The molecule has 0 fully saturated rings. The van der Waals surface area contributed by atoms with Gasteiger partial charge in [-0.15, -0.1) is 0 Å². The van der Waals surface area contributed by atoms with Gasteiger partial charge in [0.15, 0.2) is 0 Å². The Bertz CT molecular complexity index is 371. The molecule has 0 aromatic heterocycles. The molecule has 0 saturated carbocycles. The molecule has 0 aliphatic carbocycles. The topological polar surface area (TPSA) is 20.3 Å². The number of hydrogen-bond acceptors (Lipinski definition) is 1. The van der Waals surface area contributed by atoms with Crippen molar-refractivity contribution in [2.75, 3.05) is 11.4 Å². The largest absolute Gasteiger partial charge is 0.315 e. The monoisotopic (exact) mass is 203 g/mol. The zero-order valence-corrected chi connectivity index (χ0v) is 9.36. The first-order valence-electron chi connectivity index (χ1n) is 5.57. The molecule has 0 saturated heterocycles. The van der Waals surface area contributed by atoms with E-state index in [0.717, 1.165) is 31.5 Å². The third-order valence-corrected chi connectivity index (χ3v) is 3.05. The minimum absolute atomic E-state index is 0.557.